The smallest absolute Gasteiger partial charge is 0.258 e. The summed E-state index contributed by atoms with van der Waals surface area (Å²) in [5.41, 5.74) is 0.745. The first-order valence-corrected chi connectivity index (χ1v) is 6.99. The fourth-order valence-corrected chi connectivity index (χ4v) is 2.78. The summed E-state index contributed by atoms with van der Waals surface area (Å²) in [5.74, 6) is 0.783. The van der Waals surface area contributed by atoms with Crippen LogP contribution in [0.3, 0.4) is 0 Å². The maximum Gasteiger partial charge on any atom is 0.258 e. The number of likely N-dealkylation sites (tertiary alicyclic amines) is 1. The van der Waals surface area contributed by atoms with Gasteiger partial charge in [-0.15, -0.1) is 0 Å². The van der Waals surface area contributed by atoms with Gasteiger partial charge in [0.15, 0.2) is 0 Å². The number of H-pyrrole nitrogens is 1. The molecule has 0 aliphatic carbocycles. The van der Waals surface area contributed by atoms with Gasteiger partial charge in [0.05, 0.1) is 16.9 Å². The summed E-state index contributed by atoms with van der Waals surface area (Å²) in [5, 5.41) is 0.664. The van der Waals surface area contributed by atoms with E-state index in [0.717, 1.165) is 24.4 Å². The van der Waals surface area contributed by atoms with Crippen LogP contribution in [-0.2, 0) is 0 Å². The van der Waals surface area contributed by atoms with Gasteiger partial charge in [-0.3, -0.25) is 9.69 Å². The molecule has 3 rings (SSSR count). The van der Waals surface area contributed by atoms with Gasteiger partial charge in [0.2, 0.25) is 0 Å². The first-order chi connectivity index (χ1) is 9.25. The number of nitrogens with one attached hydrogen (secondary N) is 1. The largest absolute Gasteiger partial charge is 0.309 e. The van der Waals surface area contributed by atoms with E-state index in [2.05, 4.69) is 21.8 Å². The topological polar surface area (TPSA) is 49.0 Å². The molecule has 4 nitrogen and oxygen atoms in total. The van der Waals surface area contributed by atoms with Crippen molar-refractivity contribution in [2.45, 2.75) is 32.2 Å². The second-order valence-corrected chi connectivity index (χ2v) is 5.24. The van der Waals surface area contributed by atoms with E-state index in [1.165, 1.54) is 19.3 Å². The zero-order chi connectivity index (χ0) is 13.2. The van der Waals surface area contributed by atoms with Crippen LogP contribution in [0, 0.1) is 0 Å². The van der Waals surface area contributed by atoms with Gasteiger partial charge in [-0.05, 0) is 45.0 Å². The fraction of sp³-hybridized carbons (Fsp3) is 0.467. The molecule has 4 heteroatoms. The molecule has 0 bridgehead atoms. The summed E-state index contributed by atoms with van der Waals surface area (Å²) in [6.07, 6.45) is 3.79. The van der Waals surface area contributed by atoms with E-state index in [4.69, 9.17) is 0 Å². The van der Waals surface area contributed by atoms with Crippen molar-refractivity contribution in [1.29, 1.82) is 0 Å². The third-order valence-corrected chi connectivity index (χ3v) is 3.97. The average molecular weight is 257 g/mol. The number of aromatic nitrogens is 2. The molecule has 1 fully saturated rings. The maximum absolute atomic E-state index is 12.1. The molecule has 1 aromatic heterocycles. The number of para-hydroxylation sites is 1. The summed E-state index contributed by atoms with van der Waals surface area (Å²) in [4.78, 5) is 22.0. The van der Waals surface area contributed by atoms with E-state index in [9.17, 15) is 4.79 Å². The summed E-state index contributed by atoms with van der Waals surface area (Å²) >= 11 is 0. The van der Waals surface area contributed by atoms with Gasteiger partial charge in [0.25, 0.3) is 5.56 Å². The minimum Gasteiger partial charge on any atom is -0.309 e. The molecule has 2 aromatic rings. The van der Waals surface area contributed by atoms with Gasteiger partial charge < -0.3 is 4.98 Å². The van der Waals surface area contributed by atoms with Gasteiger partial charge >= 0.3 is 0 Å². The predicted octanol–water partition coefficient (Wildman–Crippen LogP) is 2.47. The van der Waals surface area contributed by atoms with Crippen molar-refractivity contribution in [2.75, 3.05) is 13.1 Å². The summed E-state index contributed by atoms with van der Waals surface area (Å²) in [6.45, 7) is 4.31. The Morgan fingerprint density at radius 2 is 1.95 bits per heavy atom. The Bertz CT molecular complexity index is 629. The molecule has 1 aromatic carbocycles. The highest BCUT2D eigenvalue weighted by molar-refractivity contribution is 5.77. The zero-order valence-corrected chi connectivity index (χ0v) is 11.2. The van der Waals surface area contributed by atoms with Crippen LogP contribution in [0.4, 0.5) is 0 Å². The Balaban J connectivity index is 1.98. The molecular weight excluding hydrogens is 238 g/mol. The van der Waals surface area contributed by atoms with Crippen molar-refractivity contribution in [1.82, 2.24) is 14.9 Å². The first-order valence-electron chi connectivity index (χ1n) is 6.99. The third kappa shape index (κ3) is 2.40. The Labute approximate surface area is 112 Å². The lowest BCUT2D eigenvalue weighted by atomic mass is 10.1. The minimum atomic E-state index is -0.0375. The number of benzene rings is 1. The van der Waals surface area contributed by atoms with Crippen LogP contribution in [-0.4, -0.2) is 28.0 Å². The Morgan fingerprint density at radius 1 is 1.21 bits per heavy atom. The number of piperidine rings is 1. The van der Waals surface area contributed by atoms with Crippen LogP contribution in [0.5, 0.6) is 0 Å². The van der Waals surface area contributed by atoms with Crippen LogP contribution in [0.1, 0.15) is 38.1 Å². The number of fused-ring (bicyclic) bond motifs is 1. The molecule has 1 N–H and O–H groups in total. The van der Waals surface area contributed by atoms with Crippen molar-refractivity contribution < 1.29 is 0 Å². The lowest BCUT2D eigenvalue weighted by Gasteiger charge is -2.31. The number of hydrogen-bond acceptors (Lipinski definition) is 3. The molecule has 100 valence electrons. The monoisotopic (exact) mass is 257 g/mol. The highest BCUT2D eigenvalue weighted by Gasteiger charge is 2.20. The van der Waals surface area contributed by atoms with Gasteiger partial charge in [-0.25, -0.2) is 4.98 Å². The van der Waals surface area contributed by atoms with Crippen LogP contribution >= 0.6 is 0 Å². The van der Waals surface area contributed by atoms with Gasteiger partial charge in [0, 0.05) is 0 Å². The van der Waals surface area contributed by atoms with E-state index in [1.54, 1.807) is 0 Å². The molecule has 2 heterocycles. The molecule has 1 saturated heterocycles. The van der Waals surface area contributed by atoms with E-state index in [0.29, 0.717) is 5.39 Å². The SMILES string of the molecule is CC(c1nc2ccccc2c(=O)[nH]1)N1CCCCC1. The summed E-state index contributed by atoms with van der Waals surface area (Å²) in [6, 6.07) is 7.68. The van der Waals surface area contributed by atoms with E-state index < -0.39 is 0 Å². The van der Waals surface area contributed by atoms with Crippen LogP contribution < -0.4 is 5.56 Å². The Kier molecular flexibility index (Phi) is 3.34. The Hall–Kier alpha value is -1.68. The van der Waals surface area contributed by atoms with Gasteiger partial charge in [-0.2, -0.15) is 0 Å². The van der Waals surface area contributed by atoms with Crippen molar-refractivity contribution in [3.05, 3.63) is 40.4 Å². The molecule has 19 heavy (non-hydrogen) atoms. The molecule has 0 radical (unpaired) electrons. The first kappa shape index (κ1) is 12.4. The number of hydrogen-bond donors (Lipinski definition) is 1. The quantitative estimate of drug-likeness (QED) is 0.899. The highest BCUT2D eigenvalue weighted by Crippen LogP contribution is 2.21. The molecular formula is C15H19N3O. The molecule has 1 unspecified atom stereocenters. The van der Waals surface area contributed by atoms with E-state index in [-0.39, 0.29) is 11.6 Å². The molecule has 1 aliphatic heterocycles. The van der Waals surface area contributed by atoms with Crippen molar-refractivity contribution in [3.8, 4) is 0 Å². The lowest BCUT2D eigenvalue weighted by molar-refractivity contribution is 0.169. The fourth-order valence-electron chi connectivity index (χ4n) is 2.78. The normalized spacial score (nSPS) is 18.6. The standard InChI is InChI=1S/C15H19N3O/c1-11(18-9-5-2-6-10-18)14-16-13-8-4-3-7-12(13)15(19)17-14/h3-4,7-8,11H,2,5-6,9-10H2,1H3,(H,16,17,19). The molecule has 1 aliphatic rings. The van der Waals surface area contributed by atoms with Crippen LogP contribution in [0.2, 0.25) is 0 Å². The molecule has 0 spiro atoms. The van der Waals surface area contributed by atoms with Crippen molar-refractivity contribution in [2.24, 2.45) is 0 Å². The van der Waals surface area contributed by atoms with E-state index in [1.807, 2.05) is 24.3 Å². The average Bonchev–Trinajstić information content (AvgIpc) is 2.47. The predicted molar refractivity (Wildman–Crippen MR) is 76.2 cm³/mol. The molecule has 0 amide bonds. The number of aromatic amines is 1. The number of rotatable bonds is 2. The van der Waals surface area contributed by atoms with Gasteiger partial charge in [-0.1, -0.05) is 18.6 Å². The zero-order valence-electron chi connectivity index (χ0n) is 11.2. The second-order valence-electron chi connectivity index (χ2n) is 5.24. The number of nitrogens with zero attached hydrogens (tertiary/aromatic N) is 2. The Morgan fingerprint density at radius 3 is 2.74 bits per heavy atom. The van der Waals surface area contributed by atoms with E-state index >= 15 is 0 Å². The van der Waals surface area contributed by atoms with Gasteiger partial charge in [0.1, 0.15) is 5.82 Å². The lowest BCUT2D eigenvalue weighted by Crippen LogP contribution is -2.34. The van der Waals surface area contributed by atoms with Crippen LogP contribution in [0.25, 0.3) is 10.9 Å². The maximum atomic E-state index is 12.1. The van der Waals surface area contributed by atoms with Crippen molar-refractivity contribution in [3.63, 3.8) is 0 Å². The summed E-state index contributed by atoms with van der Waals surface area (Å²) < 4.78 is 0. The van der Waals surface area contributed by atoms with Crippen molar-refractivity contribution >= 4 is 10.9 Å². The van der Waals surface area contributed by atoms with Crippen LogP contribution in [0.15, 0.2) is 29.1 Å². The summed E-state index contributed by atoms with van der Waals surface area (Å²) in [7, 11) is 0. The minimum absolute atomic E-state index is 0.0375. The molecule has 1 atom stereocenters. The second kappa shape index (κ2) is 5.13. The molecule has 0 saturated carbocycles. The third-order valence-electron chi connectivity index (χ3n) is 3.97. The highest BCUT2D eigenvalue weighted by atomic mass is 16.1.